The van der Waals surface area contributed by atoms with Gasteiger partial charge in [-0.2, -0.15) is 0 Å². The SMILES string of the molecule is COCC(=O)C1(c2ccc(OC)c(CO)c2)CC1. The number of ketones is 1. The number of hydrogen-bond acceptors (Lipinski definition) is 4. The summed E-state index contributed by atoms with van der Waals surface area (Å²) in [6.07, 6.45) is 1.71. The van der Waals surface area contributed by atoms with Crippen molar-refractivity contribution in [3.05, 3.63) is 29.3 Å². The topological polar surface area (TPSA) is 55.8 Å². The molecule has 1 aliphatic rings. The van der Waals surface area contributed by atoms with Crippen molar-refractivity contribution in [2.75, 3.05) is 20.8 Å². The van der Waals surface area contributed by atoms with Crippen LogP contribution in [0.3, 0.4) is 0 Å². The summed E-state index contributed by atoms with van der Waals surface area (Å²) in [4.78, 5) is 12.1. The van der Waals surface area contributed by atoms with E-state index in [1.54, 1.807) is 13.2 Å². The summed E-state index contributed by atoms with van der Waals surface area (Å²) in [5.41, 5.74) is 1.27. The van der Waals surface area contributed by atoms with Crippen molar-refractivity contribution in [1.29, 1.82) is 0 Å². The van der Waals surface area contributed by atoms with Crippen LogP contribution in [-0.4, -0.2) is 31.7 Å². The van der Waals surface area contributed by atoms with E-state index in [1.807, 2.05) is 12.1 Å². The third kappa shape index (κ3) is 2.13. The van der Waals surface area contributed by atoms with Gasteiger partial charge in [-0.1, -0.05) is 6.07 Å². The Labute approximate surface area is 107 Å². The van der Waals surface area contributed by atoms with Crippen LogP contribution in [0, 0.1) is 0 Å². The van der Waals surface area contributed by atoms with Gasteiger partial charge in [-0.25, -0.2) is 0 Å². The van der Waals surface area contributed by atoms with Crippen LogP contribution in [-0.2, 0) is 21.6 Å². The first-order valence-corrected chi connectivity index (χ1v) is 5.98. The quantitative estimate of drug-likeness (QED) is 0.830. The molecular formula is C14H18O4. The summed E-state index contributed by atoms with van der Waals surface area (Å²) in [6, 6.07) is 5.57. The van der Waals surface area contributed by atoms with Gasteiger partial charge in [0.05, 0.1) is 19.1 Å². The highest BCUT2D eigenvalue weighted by atomic mass is 16.5. The standard InChI is InChI=1S/C14H18O4/c1-17-9-13(16)14(5-6-14)11-3-4-12(18-2)10(7-11)8-15/h3-4,7,15H,5-6,8-9H2,1-2H3. The molecule has 1 aliphatic carbocycles. The summed E-state index contributed by atoms with van der Waals surface area (Å²) in [6.45, 7) is 0.0477. The Balaban J connectivity index is 2.31. The molecule has 0 heterocycles. The van der Waals surface area contributed by atoms with Gasteiger partial charge < -0.3 is 14.6 Å². The number of carbonyl (C=O) groups excluding carboxylic acids is 1. The second-order valence-corrected chi connectivity index (χ2v) is 4.62. The van der Waals surface area contributed by atoms with Crippen molar-refractivity contribution in [2.24, 2.45) is 0 Å². The number of Topliss-reactive ketones (excluding diaryl/α,β-unsaturated/α-hetero) is 1. The average molecular weight is 250 g/mol. The molecule has 1 aromatic rings. The average Bonchev–Trinajstić information content (AvgIpc) is 3.19. The summed E-state index contributed by atoms with van der Waals surface area (Å²) >= 11 is 0. The Morgan fingerprint density at radius 3 is 2.61 bits per heavy atom. The molecule has 98 valence electrons. The third-order valence-corrected chi connectivity index (χ3v) is 3.56. The van der Waals surface area contributed by atoms with Gasteiger partial charge in [-0.3, -0.25) is 4.79 Å². The lowest BCUT2D eigenvalue weighted by Gasteiger charge is -2.16. The Bertz CT molecular complexity index is 449. The predicted molar refractivity (Wildman–Crippen MR) is 66.7 cm³/mol. The predicted octanol–water partition coefficient (Wildman–Crippen LogP) is 1.43. The Morgan fingerprint density at radius 1 is 1.39 bits per heavy atom. The highest BCUT2D eigenvalue weighted by Crippen LogP contribution is 2.49. The van der Waals surface area contributed by atoms with Crippen LogP contribution < -0.4 is 4.74 Å². The number of methoxy groups -OCH3 is 2. The Kier molecular flexibility index (Phi) is 3.68. The molecule has 4 nitrogen and oxygen atoms in total. The van der Waals surface area contributed by atoms with Gasteiger partial charge in [-0.15, -0.1) is 0 Å². The van der Waals surface area contributed by atoms with Crippen molar-refractivity contribution in [1.82, 2.24) is 0 Å². The molecule has 1 aromatic carbocycles. The van der Waals surface area contributed by atoms with Crippen molar-refractivity contribution in [3.63, 3.8) is 0 Å². The van der Waals surface area contributed by atoms with E-state index in [0.29, 0.717) is 11.3 Å². The summed E-state index contributed by atoms with van der Waals surface area (Å²) in [5, 5.41) is 9.31. The molecule has 1 N–H and O–H groups in total. The van der Waals surface area contributed by atoms with E-state index in [-0.39, 0.29) is 19.0 Å². The van der Waals surface area contributed by atoms with Gasteiger partial charge in [0.1, 0.15) is 12.4 Å². The van der Waals surface area contributed by atoms with Gasteiger partial charge in [0.25, 0.3) is 0 Å². The minimum atomic E-state index is -0.397. The normalized spacial score (nSPS) is 16.4. The number of carbonyl (C=O) groups is 1. The first kappa shape index (κ1) is 13.1. The highest BCUT2D eigenvalue weighted by molar-refractivity contribution is 5.94. The van der Waals surface area contributed by atoms with Crippen LogP contribution in [0.1, 0.15) is 24.0 Å². The monoisotopic (exact) mass is 250 g/mol. The number of aliphatic hydroxyl groups is 1. The molecule has 1 saturated carbocycles. The molecule has 0 aromatic heterocycles. The highest BCUT2D eigenvalue weighted by Gasteiger charge is 2.50. The Hall–Kier alpha value is -1.39. The van der Waals surface area contributed by atoms with E-state index in [2.05, 4.69) is 0 Å². The van der Waals surface area contributed by atoms with E-state index in [1.165, 1.54) is 7.11 Å². The van der Waals surface area contributed by atoms with Crippen LogP contribution >= 0.6 is 0 Å². The number of aliphatic hydroxyl groups excluding tert-OH is 1. The second-order valence-electron chi connectivity index (χ2n) is 4.62. The zero-order chi connectivity index (χ0) is 13.2. The molecule has 0 amide bonds. The fourth-order valence-electron chi connectivity index (χ4n) is 2.32. The summed E-state index contributed by atoms with van der Waals surface area (Å²) in [7, 11) is 3.10. The largest absolute Gasteiger partial charge is 0.496 e. The maximum atomic E-state index is 12.1. The molecule has 0 aliphatic heterocycles. The molecule has 0 saturated heterocycles. The number of hydrogen-bond donors (Lipinski definition) is 1. The van der Waals surface area contributed by atoms with Gasteiger partial charge in [-0.05, 0) is 30.5 Å². The Morgan fingerprint density at radius 2 is 2.11 bits per heavy atom. The first-order chi connectivity index (χ1) is 8.67. The molecule has 0 spiro atoms. The minimum absolute atomic E-state index is 0.0917. The molecule has 0 radical (unpaired) electrons. The third-order valence-electron chi connectivity index (χ3n) is 3.56. The first-order valence-electron chi connectivity index (χ1n) is 5.98. The summed E-state index contributed by atoms with van der Waals surface area (Å²) in [5.74, 6) is 0.760. The molecule has 18 heavy (non-hydrogen) atoms. The molecule has 2 rings (SSSR count). The lowest BCUT2D eigenvalue weighted by atomic mass is 9.90. The summed E-state index contributed by atoms with van der Waals surface area (Å²) < 4.78 is 10.1. The van der Waals surface area contributed by atoms with E-state index in [4.69, 9.17) is 9.47 Å². The molecule has 0 atom stereocenters. The molecular weight excluding hydrogens is 232 g/mol. The zero-order valence-electron chi connectivity index (χ0n) is 10.7. The van der Waals surface area contributed by atoms with Gasteiger partial charge in [0.2, 0.25) is 0 Å². The lowest BCUT2D eigenvalue weighted by Crippen LogP contribution is -2.24. The van der Waals surface area contributed by atoms with E-state index < -0.39 is 5.41 Å². The van der Waals surface area contributed by atoms with Gasteiger partial charge >= 0.3 is 0 Å². The van der Waals surface area contributed by atoms with Crippen molar-refractivity contribution in [2.45, 2.75) is 24.9 Å². The number of benzene rings is 1. The van der Waals surface area contributed by atoms with Crippen LogP contribution in [0.15, 0.2) is 18.2 Å². The minimum Gasteiger partial charge on any atom is -0.496 e. The van der Waals surface area contributed by atoms with Gasteiger partial charge in [0.15, 0.2) is 5.78 Å². The number of rotatable bonds is 6. The molecule has 0 bridgehead atoms. The fraction of sp³-hybridized carbons (Fsp3) is 0.500. The van der Waals surface area contributed by atoms with Crippen molar-refractivity contribution >= 4 is 5.78 Å². The van der Waals surface area contributed by atoms with Crippen LogP contribution in [0.5, 0.6) is 5.75 Å². The zero-order valence-corrected chi connectivity index (χ0v) is 10.7. The molecule has 0 unspecified atom stereocenters. The van der Waals surface area contributed by atoms with Crippen molar-refractivity contribution in [3.8, 4) is 5.75 Å². The maximum absolute atomic E-state index is 12.1. The van der Waals surface area contributed by atoms with E-state index in [9.17, 15) is 9.90 Å². The fourth-order valence-corrected chi connectivity index (χ4v) is 2.32. The smallest absolute Gasteiger partial charge is 0.168 e. The molecule has 4 heteroatoms. The van der Waals surface area contributed by atoms with E-state index >= 15 is 0 Å². The van der Waals surface area contributed by atoms with Gasteiger partial charge in [0, 0.05) is 12.7 Å². The second kappa shape index (κ2) is 5.08. The van der Waals surface area contributed by atoms with Crippen molar-refractivity contribution < 1.29 is 19.4 Å². The van der Waals surface area contributed by atoms with Crippen LogP contribution in [0.25, 0.3) is 0 Å². The lowest BCUT2D eigenvalue weighted by molar-refractivity contribution is -0.125. The van der Waals surface area contributed by atoms with E-state index in [0.717, 1.165) is 18.4 Å². The van der Waals surface area contributed by atoms with Crippen LogP contribution in [0.4, 0.5) is 0 Å². The van der Waals surface area contributed by atoms with Crippen LogP contribution in [0.2, 0.25) is 0 Å². The number of ether oxygens (including phenoxy) is 2. The molecule has 1 fully saturated rings. The maximum Gasteiger partial charge on any atom is 0.168 e.